The highest BCUT2D eigenvalue weighted by Gasteiger charge is 2.27. The molecule has 3 atom stereocenters. The zero-order valence-electron chi connectivity index (χ0n) is 24.1. The number of carbonyl (C=O) groups is 2. The van der Waals surface area contributed by atoms with Crippen LogP contribution in [0.15, 0.2) is 12.2 Å². The zero-order chi connectivity index (χ0) is 29.2. The van der Waals surface area contributed by atoms with Gasteiger partial charge in [0.1, 0.15) is 12.7 Å². The van der Waals surface area contributed by atoms with Crippen molar-refractivity contribution in [3.8, 4) is 0 Å². The molecule has 0 saturated heterocycles. The molecule has 39 heavy (non-hydrogen) atoms. The zero-order valence-corrected chi connectivity index (χ0v) is 25.0. The second kappa shape index (κ2) is 25.7. The average molecular weight is 581 g/mol. The summed E-state index contributed by atoms with van der Waals surface area (Å²) in [7, 11) is -4.60. The lowest BCUT2D eigenvalue weighted by Gasteiger charge is -2.20. The lowest BCUT2D eigenvalue weighted by atomic mass is 10.1. The lowest BCUT2D eigenvalue weighted by Crippen LogP contribution is -2.29. The molecule has 0 radical (unpaired) electrons. The number of unbranched alkanes of at least 4 members (excludes halogenated alkanes) is 12. The maximum Gasteiger partial charge on any atom is 0.472 e. The van der Waals surface area contributed by atoms with E-state index < -0.39 is 51.8 Å². The maximum atomic E-state index is 12.3. The molecule has 0 rings (SSSR count). The first-order valence-corrected chi connectivity index (χ1v) is 16.1. The molecule has 0 fully saturated rings. The van der Waals surface area contributed by atoms with Crippen LogP contribution in [0.5, 0.6) is 0 Å². The van der Waals surface area contributed by atoms with Crippen molar-refractivity contribution < 1.29 is 47.8 Å². The van der Waals surface area contributed by atoms with Gasteiger partial charge in [-0.1, -0.05) is 96.6 Å². The van der Waals surface area contributed by atoms with E-state index in [-0.39, 0.29) is 19.4 Å². The summed E-state index contributed by atoms with van der Waals surface area (Å²) in [6.07, 6.45) is 16.8. The van der Waals surface area contributed by atoms with E-state index in [1.165, 1.54) is 44.9 Å². The molecule has 11 heteroatoms. The minimum absolute atomic E-state index is 0.0655. The van der Waals surface area contributed by atoms with Crippen molar-refractivity contribution in [1.82, 2.24) is 0 Å². The number of ether oxygens (including phenoxy) is 2. The van der Waals surface area contributed by atoms with Crippen LogP contribution in [0.4, 0.5) is 0 Å². The summed E-state index contributed by atoms with van der Waals surface area (Å²) in [4.78, 5) is 34.2. The Kier molecular flexibility index (Phi) is 24.8. The Morgan fingerprint density at radius 3 is 1.95 bits per heavy atom. The van der Waals surface area contributed by atoms with E-state index in [1.54, 1.807) is 6.08 Å². The van der Waals surface area contributed by atoms with Crippen LogP contribution in [0.25, 0.3) is 0 Å². The van der Waals surface area contributed by atoms with Gasteiger partial charge in [-0.15, -0.1) is 0 Å². The third-order valence-corrected chi connectivity index (χ3v) is 6.90. The Bertz CT molecular complexity index is 685. The monoisotopic (exact) mass is 580 g/mol. The Labute approximate surface area is 235 Å². The third kappa shape index (κ3) is 25.4. The number of phosphoric ester groups is 1. The summed E-state index contributed by atoms with van der Waals surface area (Å²) in [5.41, 5.74) is 0. The van der Waals surface area contributed by atoms with Crippen molar-refractivity contribution in [2.45, 2.75) is 129 Å². The molecule has 0 bridgehead atoms. The van der Waals surface area contributed by atoms with Crippen molar-refractivity contribution in [2.75, 3.05) is 26.4 Å². The number of allylic oxidation sites excluding steroid dienone is 1. The van der Waals surface area contributed by atoms with Crippen LogP contribution in [0, 0.1) is 0 Å². The molecule has 0 heterocycles. The summed E-state index contributed by atoms with van der Waals surface area (Å²) in [6, 6.07) is 0. The SMILES string of the molecule is CCCCCCCC/C=C\CC(=O)OC[C@H](COP(=O)(O)OC[C@@H](O)CO)OC(=O)CCCCCCCCC. The fourth-order valence-corrected chi connectivity index (χ4v) is 4.41. The Morgan fingerprint density at radius 1 is 0.769 bits per heavy atom. The number of carbonyl (C=O) groups excluding carboxylic acids is 2. The number of hydrogen-bond donors (Lipinski definition) is 3. The third-order valence-electron chi connectivity index (χ3n) is 5.95. The average Bonchev–Trinajstić information content (AvgIpc) is 2.91. The lowest BCUT2D eigenvalue weighted by molar-refractivity contribution is -0.160. The Balaban J connectivity index is 4.57. The van der Waals surface area contributed by atoms with E-state index in [0.29, 0.717) is 6.42 Å². The molecule has 0 aliphatic heterocycles. The van der Waals surface area contributed by atoms with Crippen molar-refractivity contribution >= 4 is 19.8 Å². The van der Waals surface area contributed by atoms with E-state index in [4.69, 9.17) is 19.1 Å². The first-order chi connectivity index (χ1) is 18.7. The first kappa shape index (κ1) is 37.7. The summed E-state index contributed by atoms with van der Waals surface area (Å²) < 4.78 is 32.1. The van der Waals surface area contributed by atoms with Gasteiger partial charge in [0.05, 0.1) is 26.2 Å². The van der Waals surface area contributed by atoms with Gasteiger partial charge < -0.3 is 24.6 Å². The highest BCUT2D eigenvalue weighted by Crippen LogP contribution is 2.43. The molecule has 0 aromatic carbocycles. The largest absolute Gasteiger partial charge is 0.472 e. The molecule has 0 spiro atoms. The second-order valence-corrected chi connectivity index (χ2v) is 11.2. The highest BCUT2D eigenvalue weighted by atomic mass is 31.2. The minimum atomic E-state index is -4.60. The standard InChI is InChI=1S/C28H53O10P/c1-3-5-7-9-11-12-14-15-17-19-27(31)35-23-26(24-37-39(33,34)36-22-25(30)21-29)38-28(32)20-18-16-13-10-8-6-4-2/h15,17,25-26,29-30H,3-14,16,18-24H2,1-2H3,(H,33,34)/b17-15-/t25-,26+/m0/s1. The van der Waals surface area contributed by atoms with E-state index in [2.05, 4.69) is 18.4 Å². The van der Waals surface area contributed by atoms with Gasteiger partial charge >= 0.3 is 19.8 Å². The normalized spacial score (nSPS) is 14.7. The molecule has 0 amide bonds. The maximum absolute atomic E-state index is 12.3. The quantitative estimate of drug-likeness (QED) is 0.0473. The molecule has 0 aliphatic rings. The molecule has 10 nitrogen and oxygen atoms in total. The molecular formula is C28H53O10P. The van der Waals surface area contributed by atoms with Gasteiger partial charge in [0.25, 0.3) is 0 Å². The summed E-state index contributed by atoms with van der Waals surface area (Å²) in [5, 5.41) is 18.1. The first-order valence-electron chi connectivity index (χ1n) is 14.6. The van der Waals surface area contributed by atoms with Crippen LogP contribution in [0.1, 0.15) is 117 Å². The highest BCUT2D eigenvalue weighted by molar-refractivity contribution is 7.47. The predicted octanol–water partition coefficient (Wildman–Crippen LogP) is 5.77. The molecule has 230 valence electrons. The Morgan fingerprint density at radius 2 is 1.33 bits per heavy atom. The molecule has 3 N–H and O–H groups in total. The van der Waals surface area contributed by atoms with Gasteiger partial charge in [-0.2, -0.15) is 0 Å². The molecule has 0 saturated carbocycles. The van der Waals surface area contributed by atoms with Crippen molar-refractivity contribution in [2.24, 2.45) is 0 Å². The van der Waals surface area contributed by atoms with E-state index in [9.17, 15) is 24.2 Å². The number of aliphatic hydroxyl groups excluding tert-OH is 2. The molecule has 0 aliphatic carbocycles. The summed E-state index contributed by atoms with van der Waals surface area (Å²) >= 11 is 0. The van der Waals surface area contributed by atoms with Crippen LogP contribution in [0.2, 0.25) is 0 Å². The van der Waals surface area contributed by atoms with Gasteiger partial charge in [-0.25, -0.2) is 4.57 Å². The number of esters is 2. The van der Waals surface area contributed by atoms with Gasteiger partial charge in [0, 0.05) is 6.42 Å². The van der Waals surface area contributed by atoms with Crippen LogP contribution >= 0.6 is 7.82 Å². The predicted molar refractivity (Wildman–Crippen MR) is 150 cm³/mol. The van der Waals surface area contributed by atoms with Gasteiger partial charge in [0.15, 0.2) is 6.10 Å². The molecule has 1 unspecified atom stereocenters. The smallest absolute Gasteiger partial charge is 0.461 e. The molecule has 0 aromatic rings. The second-order valence-electron chi connectivity index (χ2n) is 9.79. The van der Waals surface area contributed by atoms with Crippen LogP contribution in [-0.2, 0) is 32.7 Å². The number of aliphatic hydroxyl groups is 2. The summed E-state index contributed by atoms with van der Waals surface area (Å²) in [5.74, 6) is -1.03. The van der Waals surface area contributed by atoms with E-state index >= 15 is 0 Å². The molecule has 0 aromatic heterocycles. The van der Waals surface area contributed by atoms with Gasteiger partial charge in [-0.05, 0) is 19.3 Å². The van der Waals surface area contributed by atoms with Gasteiger partial charge in [-0.3, -0.25) is 18.6 Å². The molecular weight excluding hydrogens is 527 g/mol. The van der Waals surface area contributed by atoms with Gasteiger partial charge in [0.2, 0.25) is 0 Å². The summed E-state index contributed by atoms with van der Waals surface area (Å²) in [6.45, 7) is 2.18. The minimum Gasteiger partial charge on any atom is -0.461 e. The van der Waals surface area contributed by atoms with Crippen LogP contribution in [-0.4, -0.2) is 65.7 Å². The number of rotatable bonds is 27. The van der Waals surface area contributed by atoms with E-state index in [0.717, 1.165) is 38.5 Å². The Hall–Kier alpha value is -1.29. The number of hydrogen-bond acceptors (Lipinski definition) is 9. The fraction of sp³-hybridized carbons (Fsp3) is 0.857. The fourth-order valence-electron chi connectivity index (χ4n) is 3.62. The van der Waals surface area contributed by atoms with Crippen molar-refractivity contribution in [3.05, 3.63) is 12.2 Å². The van der Waals surface area contributed by atoms with Crippen molar-refractivity contribution in [3.63, 3.8) is 0 Å². The topological polar surface area (TPSA) is 149 Å². The van der Waals surface area contributed by atoms with Crippen molar-refractivity contribution in [1.29, 1.82) is 0 Å². The van der Waals surface area contributed by atoms with E-state index in [1.807, 2.05) is 6.08 Å². The van der Waals surface area contributed by atoms with Crippen LogP contribution in [0.3, 0.4) is 0 Å². The number of phosphoric acid groups is 1. The van der Waals surface area contributed by atoms with Crippen LogP contribution < -0.4 is 0 Å².